The second-order valence-electron chi connectivity index (χ2n) is 4.17. The van der Waals surface area contributed by atoms with Gasteiger partial charge in [-0.15, -0.1) is 0 Å². The molecular weight excluding hydrogens is 268 g/mol. The zero-order chi connectivity index (χ0) is 14.3. The number of nitrogens with two attached hydrogens (primary N) is 1. The molecule has 0 atom stereocenters. The summed E-state index contributed by atoms with van der Waals surface area (Å²) in [5.41, 5.74) is 5.79. The average Bonchev–Trinajstić information content (AvgIpc) is 3.02. The number of aromatic nitrogens is 2. The molecule has 2 heterocycles. The van der Waals surface area contributed by atoms with E-state index >= 15 is 0 Å². The number of nitrogen functional groups attached to an aromatic ring is 1. The molecule has 0 saturated carbocycles. The summed E-state index contributed by atoms with van der Waals surface area (Å²) in [5, 5.41) is 3.74. The SMILES string of the molecule is Cc1occc1-c1noc(-c2cc(N)c(F)cc2F)n1. The van der Waals surface area contributed by atoms with Crippen molar-refractivity contribution in [1.82, 2.24) is 10.1 Å². The highest BCUT2D eigenvalue weighted by Gasteiger charge is 2.18. The van der Waals surface area contributed by atoms with Crippen molar-refractivity contribution in [3.8, 4) is 22.8 Å². The van der Waals surface area contributed by atoms with Crippen molar-refractivity contribution in [3.63, 3.8) is 0 Å². The molecule has 0 aliphatic carbocycles. The minimum Gasteiger partial charge on any atom is -0.469 e. The van der Waals surface area contributed by atoms with Gasteiger partial charge in [-0.2, -0.15) is 4.98 Å². The Bertz CT molecular complexity index is 780. The van der Waals surface area contributed by atoms with Crippen LogP contribution in [0.4, 0.5) is 14.5 Å². The van der Waals surface area contributed by atoms with Crippen LogP contribution in [0.15, 0.2) is 33.4 Å². The molecule has 7 heteroatoms. The van der Waals surface area contributed by atoms with Crippen LogP contribution in [0.5, 0.6) is 0 Å². The highest BCUT2D eigenvalue weighted by molar-refractivity contribution is 5.64. The van der Waals surface area contributed by atoms with E-state index in [9.17, 15) is 8.78 Å². The molecule has 1 aromatic carbocycles. The Morgan fingerprint density at radius 1 is 1.15 bits per heavy atom. The fourth-order valence-corrected chi connectivity index (χ4v) is 1.79. The third-order valence-electron chi connectivity index (χ3n) is 2.84. The molecule has 0 unspecified atom stereocenters. The van der Waals surface area contributed by atoms with Crippen molar-refractivity contribution in [1.29, 1.82) is 0 Å². The number of anilines is 1. The molecule has 0 aliphatic heterocycles. The van der Waals surface area contributed by atoms with Crippen LogP contribution in [0, 0.1) is 18.6 Å². The molecule has 0 aliphatic rings. The summed E-state index contributed by atoms with van der Waals surface area (Å²) in [4.78, 5) is 4.06. The summed E-state index contributed by atoms with van der Waals surface area (Å²) in [5.74, 6) is -0.873. The van der Waals surface area contributed by atoms with Crippen molar-refractivity contribution in [2.24, 2.45) is 0 Å². The lowest BCUT2D eigenvalue weighted by molar-refractivity contribution is 0.429. The molecular formula is C13H9F2N3O2. The van der Waals surface area contributed by atoms with Crippen molar-refractivity contribution < 1.29 is 17.7 Å². The molecule has 2 N–H and O–H groups in total. The van der Waals surface area contributed by atoms with Gasteiger partial charge in [-0.05, 0) is 19.1 Å². The number of hydrogen-bond acceptors (Lipinski definition) is 5. The van der Waals surface area contributed by atoms with Crippen LogP contribution in [-0.4, -0.2) is 10.1 Å². The third kappa shape index (κ3) is 1.93. The van der Waals surface area contributed by atoms with E-state index in [0.29, 0.717) is 17.4 Å². The maximum absolute atomic E-state index is 13.7. The number of aryl methyl sites for hydroxylation is 1. The largest absolute Gasteiger partial charge is 0.469 e. The lowest BCUT2D eigenvalue weighted by Crippen LogP contribution is -1.94. The molecule has 2 aromatic heterocycles. The molecule has 0 radical (unpaired) electrons. The lowest BCUT2D eigenvalue weighted by Gasteiger charge is -2.00. The van der Waals surface area contributed by atoms with Crippen LogP contribution in [-0.2, 0) is 0 Å². The van der Waals surface area contributed by atoms with Crippen molar-refractivity contribution >= 4 is 5.69 Å². The Balaban J connectivity index is 2.07. The highest BCUT2D eigenvalue weighted by atomic mass is 19.1. The second kappa shape index (κ2) is 4.44. The summed E-state index contributed by atoms with van der Waals surface area (Å²) < 4.78 is 36.9. The lowest BCUT2D eigenvalue weighted by atomic mass is 10.2. The molecule has 20 heavy (non-hydrogen) atoms. The zero-order valence-corrected chi connectivity index (χ0v) is 10.4. The summed E-state index contributed by atoms with van der Waals surface area (Å²) >= 11 is 0. The van der Waals surface area contributed by atoms with Crippen LogP contribution >= 0.6 is 0 Å². The van der Waals surface area contributed by atoms with Crippen molar-refractivity contribution in [2.45, 2.75) is 6.92 Å². The first-order chi connectivity index (χ1) is 9.56. The van der Waals surface area contributed by atoms with E-state index in [2.05, 4.69) is 10.1 Å². The molecule has 3 aromatic rings. The minimum atomic E-state index is -0.836. The fraction of sp³-hybridized carbons (Fsp3) is 0.0769. The predicted octanol–water partition coefficient (Wildman–Crippen LogP) is 3.17. The standard InChI is InChI=1S/C13H9F2N3O2/c1-6-7(2-3-19-6)12-17-13(20-18-12)8-4-11(16)10(15)5-9(8)14/h2-5H,16H2,1H3. The van der Waals surface area contributed by atoms with Crippen LogP contribution in [0.25, 0.3) is 22.8 Å². The Morgan fingerprint density at radius 3 is 2.65 bits per heavy atom. The van der Waals surface area contributed by atoms with Crippen molar-refractivity contribution in [3.05, 3.63) is 41.9 Å². The van der Waals surface area contributed by atoms with E-state index in [0.717, 1.165) is 6.07 Å². The Morgan fingerprint density at radius 2 is 1.95 bits per heavy atom. The molecule has 0 bridgehead atoms. The Kier molecular flexibility index (Phi) is 2.74. The second-order valence-corrected chi connectivity index (χ2v) is 4.17. The van der Waals surface area contributed by atoms with E-state index in [1.807, 2.05) is 0 Å². The number of hydrogen-bond donors (Lipinski definition) is 1. The molecule has 5 nitrogen and oxygen atoms in total. The number of benzene rings is 1. The van der Waals surface area contributed by atoms with Gasteiger partial charge in [0.05, 0.1) is 23.1 Å². The van der Waals surface area contributed by atoms with Gasteiger partial charge in [0.25, 0.3) is 5.89 Å². The number of nitrogens with zero attached hydrogens (tertiary/aromatic N) is 2. The van der Waals surface area contributed by atoms with Crippen LogP contribution < -0.4 is 5.73 Å². The van der Waals surface area contributed by atoms with Gasteiger partial charge in [0.15, 0.2) is 0 Å². The summed E-state index contributed by atoms with van der Waals surface area (Å²) in [6, 6.07) is 3.46. The molecule has 0 saturated heterocycles. The number of furan rings is 1. The maximum atomic E-state index is 13.7. The summed E-state index contributed by atoms with van der Waals surface area (Å²) in [6.45, 7) is 1.74. The van der Waals surface area contributed by atoms with Crippen LogP contribution in [0.2, 0.25) is 0 Å². The van der Waals surface area contributed by atoms with Gasteiger partial charge >= 0.3 is 0 Å². The van der Waals surface area contributed by atoms with Crippen LogP contribution in [0.1, 0.15) is 5.76 Å². The van der Waals surface area contributed by atoms with E-state index in [-0.39, 0.29) is 23.0 Å². The first-order valence-electron chi connectivity index (χ1n) is 5.69. The normalized spacial score (nSPS) is 10.9. The number of rotatable bonds is 2. The smallest absolute Gasteiger partial charge is 0.261 e. The monoisotopic (exact) mass is 277 g/mol. The minimum absolute atomic E-state index is 0.0520. The van der Waals surface area contributed by atoms with Gasteiger partial charge in [-0.3, -0.25) is 0 Å². The zero-order valence-electron chi connectivity index (χ0n) is 10.4. The van der Waals surface area contributed by atoms with E-state index < -0.39 is 11.6 Å². The average molecular weight is 277 g/mol. The summed E-state index contributed by atoms with van der Waals surface area (Å²) in [6.07, 6.45) is 1.48. The first kappa shape index (κ1) is 12.3. The van der Waals surface area contributed by atoms with Gasteiger partial charge in [0.1, 0.15) is 17.4 Å². The van der Waals surface area contributed by atoms with E-state index in [1.54, 1.807) is 13.0 Å². The van der Waals surface area contributed by atoms with Crippen molar-refractivity contribution in [2.75, 3.05) is 5.73 Å². The van der Waals surface area contributed by atoms with Gasteiger partial charge in [0, 0.05) is 6.07 Å². The quantitative estimate of drug-likeness (QED) is 0.728. The molecule has 0 spiro atoms. The Hall–Kier alpha value is -2.70. The van der Waals surface area contributed by atoms with E-state index in [4.69, 9.17) is 14.7 Å². The van der Waals surface area contributed by atoms with Gasteiger partial charge in [-0.1, -0.05) is 5.16 Å². The first-order valence-corrected chi connectivity index (χ1v) is 5.69. The summed E-state index contributed by atoms with van der Waals surface area (Å²) in [7, 11) is 0. The molecule has 0 fully saturated rings. The fourth-order valence-electron chi connectivity index (χ4n) is 1.79. The highest BCUT2D eigenvalue weighted by Crippen LogP contribution is 2.28. The topological polar surface area (TPSA) is 78.1 Å². The van der Waals surface area contributed by atoms with Gasteiger partial charge in [-0.25, -0.2) is 8.78 Å². The van der Waals surface area contributed by atoms with Crippen LogP contribution in [0.3, 0.4) is 0 Å². The van der Waals surface area contributed by atoms with Gasteiger partial charge in [0.2, 0.25) is 5.82 Å². The predicted molar refractivity (Wildman–Crippen MR) is 66.5 cm³/mol. The molecule has 0 amide bonds. The van der Waals surface area contributed by atoms with E-state index in [1.165, 1.54) is 6.26 Å². The third-order valence-corrected chi connectivity index (χ3v) is 2.84. The Labute approximate surface area is 112 Å². The molecule has 3 rings (SSSR count). The van der Waals surface area contributed by atoms with Gasteiger partial charge < -0.3 is 14.7 Å². The number of halogens is 2. The maximum Gasteiger partial charge on any atom is 0.261 e. The molecule has 102 valence electrons.